The number of ether oxygens (including phenoxy) is 1. The number of fused-ring (bicyclic) bond motifs is 1. The Labute approximate surface area is 223 Å². The molecule has 2 aromatic heterocycles. The fraction of sp³-hybridized carbons (Fsp3) is 0.233. The van der Waals surface area contributed by atoms with Crippen molar-refractivity contribution in [2.45, 2.75) is 32.0 Å². The summed E-state index contributed by atoms with van der Waals surface area (Å²) >= 11 is 0. The molecular formula is C30H25F4N3O2. The predicted octanol–water partition coefficient (Wildman–Crippen LogP) is 6.66. The van der Waals surface area contributed by atoms with Crippen molar-refractivity contribution in [3.05, 3.63) is 112 Å². The Morgan fingerprint density at radius 1 is 0.974 bits per heavy atom. The Morgan fingerprint density at radius 2 is 1.72 bits per heavy atom. The second-order valence-corrected chi connectivity index (χ2v) is 9.48. The number of benzene rings is 2. The van der Waals surface area contributed by atoms with Crippen LogP contribution in [0.3, 0.4) is 0 Å². The van der Waals surface area contributed by atoms with Crippen molar-refractivity contribution in [3.8, 4) is 17.1 Å². The van der Waals surface area contributed by atoms with Crippen molar-refractivity contribution in [1.29, 1.82) is 0 Å². The fourth-order valence-electron chi connectivity index (χ4n) is 4.85. The Kier molecular flexibility index (Phi) is 7.08. The Bertz CT molecular complexity index is 1520. The van der Waals surface area contributed by atoms with Crippen LogP contribution >= 0.6 is 0 Å². The molecular weight excluding hydrogens is 510 g/mol. The predicted molar refractivity (Wildman–Crippen MR) is 138 cm³/mol. The lowest BCUT2D eigenvalue weighted by atomic mass is 9.90. The molecule has 0 fully saturated rings. The second-order valence-electron chi connectivity index (χ2n) is 9.48. The van der Waals surface area contributed by atoms with Crippen LogP contribution < -0.4 is 4.74 Å². The molecule has 0 radical (unpaired) electrons. The lowest BCUT2D eigenvalue weighted by Crippen LogP contribution is -2.37. The van der Waals surface area contributed by atoms with Gasteiger partial charge in [0.05, 0.1) is 24.1 Å². The smallest absolute Gasteiger partial charge is 0.416 e. The van der Waals surface area contributed by atoms with Gasteiger partial charge in [-0.3, -0.25) is 14.8 Å². The number of rotatable bonds is 6. The van der Waals surface area contributed by atoms with Gasteiger partial charge in [0.25, 0.3) is 5.91 Å². The number of amides is 1. The zero-order valence-corrected chi connectivity index (χ0v) is 21.3. The van der Waals surface area contributed by atoms with Gasteiger partial charge in [-0.05, 0) is 77.2 Å². The van der Waals surface area contributed by atoms with Crippen LogP contribution in [0, 0.1) is 5.82 Å². The molecule has 1 amide bonds. The van der Waals surface area contributed by atoms with E-state index in [2.05, 4.69) is 9.97 Å². The standard InChI is InChI=1S/C30H25F4N3O2/c1-18(21-13-22(30(32,33)34)16-23(31)14-21)20-7-10-35-27(15-20)28-25-9-12-37(29(38)26(25)8-11-36-28)17-19-3-5-24(39-2)6-4-19/h3-8,10-11,13-16,18H,9,12,17H2,1-2H3. The summed E-state index contributed by atoms with van der Waals surface area (Å²) in [5, 5.41) is 0. The highest BCUT2D eigenvalue weighted by molar-refractivity contribution is 5.98. The van der Waals surface area contributed by atoms with Crippen LogP contribution in [0.2, 0.25) is 0 Å². The summed E-state index contributed by atoms with van der Waals surface area (Å²) in [6.07, 6.45) is -0.975. The first kappa shape index (κ1) is 26.3. The maximum atomic E-state index is 14.0. The zero-order valence-electron chi connectivity index (χ0n) is 21.3. The van der Waals surface area contributed by atoms with E-state index in [1.54, 1.807) is 49.5 Å². The van der Waals surface area contributed by atoms with Crippen LogP contribution in [-0.4, -0.2) is 34.4 Å². The van der Waals surface area contributed by atoms with Crippen LogP contribution in [0.5, 0.6) is 5.75 Å². The van der Waals surface area contributed by atoms with Crippen LogP contribution in [0.1, 0.15) is 51.0 Å². The van der Waals surface area contributed by atoms with Crippen molar-refractivity contribution >= 4 is 5.91 Å². The van der Waals surface area contributed by atoms with E-state index in [0.29, 0.717) is 48.1 Å². The molecule has 0 spiro atoms. The first-order chi connectivity index (χ1) is 18.6. The highest BCUT2D eigenvalue weighted by Crippen LogP contribution is 2.35. The molecule has 2 aromatic carbocycles. The first-order valence-electron chi connectivity index (χ1n) is 12.4. The molecule has 39 heavy (non-hydrogen) atoms. The maximum Gasteiger partial charge on any atom is 0.416 e. The van der Waals surface area contributed by atoms with Crippen LogP contribution in [0.25, 0.3) is 11.4 Å². The molecule has 1 atom stereocenters. The molecule has 0 N–H and O–H groups in total. The first-order valence-corrected chi connectivity index (χ1v) is 12.4. The van der Waals surface area contributed by atoms with Gasteiger partial charge in [-0.25, -0.2) is 4.39 Å². The van der Waals surface area contributed by atoms with Crippen molar-refractivity contribution in [3.63, 3.8) is 0 Å². The van der Waals surface area contributed by atoms with Crippen molar-refractivity contribution in [1.82, 2.24) is 14.9 Å². The fourth-order valence-corrected chi connectivity index (χ4v) is 4.85. The summed E-state index contributed by atoms with van der Waals surface area (Å²) in [6.45, 7) is 2.66. The molecule has 1 aliphatic rings. The number of halogens is 4. The van der Waals surface area contributed by atoms with Gasteiger partial charge >= 0.3 is 6.18 Å². The van der Waals surface area contributed by atoms with Crippen LogP contribution in [0.4, 0.5) is 17.6 Å². The molecule has 200 valence electrons. The van der Waals surface area contributed by atoms with Gasteiger partial charge in [0.2, 0.25) is 0 Å². The SMILES string of the molecule is COc1ccc(CN2CCc3c(ccnc3-c3cc(C(C)c4cc(F)cc(C(F)(F)F)c4)ccn3)C2=O)cc1. The van der Waals surface area contributed by atoms with Gasteiger partial charge in [-0.15, -0.1) is 0 Å². The summed E-state index contributed by atoms with van der Waals surface area (Å²) < 4.78 is 59.0. The molecule has 9 heteroatoms. The van der Waals surface area contributed by atoms with Crippen molar-refractivity contribution in [2.24, 2.45) is 0 Å². The van der Waals surface area contributed by atoms with Gasteiger partial charge in [0.1, 0.15) is 11.6 Å². The minimum atomic E-state index is -4.65. The number of hydrogen-bond donors (Lipinski definition) is 0. The highest BCUT2D eigenvalue weighted by Gasteiger charge is 2.32. The van der Waals surface area contributed by atoms with E-state index in [0.717, 1.165) is 29.0 Å². The number of methoxy groups -OCH3 is 1. The molecule has 3 heterocycles. The van der Waals surface area contributed by atoms with E-state index < -0.39 is 23.5 Å². The summed E-state index contributed by atoms with van der Waals surface area (Å²) in [7, 11) is 1.60. The van der Waals surface area contributed by atoms with Gasteiger partial charge < -0.3 is 9.64 Å². The summed E-state index contributed by atoms with van der Waals surface area (Å²) in [5.74, 6) is -0.853. The molecule has 0 saturated carbocycles. The lowest BCUT2D eigenvalue weighted by Gasteiger charge is -2.29. The number of carbonyl (C=O) groups excluding carboxylic acids is 1. The molecule has 0 saturated heterocycles. The number of alkyl halides is 3. The molecule has 4 aromatic rings. The molecule has 5 nitrogen and oxygen atoms in total. The third-order valence-electron chi connectivity index (χ3n) is 7.01. The van der Waals surface area contributed by atoms with E-state index in [4.69, 9.17) is 4.74 Å². The largest absolute Gasteiger partial charge is 0.497 e. The van der Waals surface area contributed by atoms with Gasteiger partial charge in [0, 0.05) is 37.0 Å². The molecule has 0 bridgehead atoms. The van der Waals surface area contributed by atoms with E-state index in [1.807, 2.05) is 24.3 Å². The van der Waals surface area contributed by atoms with Gasteiger partial charge in [-0.1, -0.05) is 19.1 Å². The molecule has 0 aliphatic carbocycles. The molecule has 1 unspecified atom stereocenters. The number of carbonyl (C=O) groups is 1. The third-order valence-corrected chi connectivity index (χ3v) is 7.01. The van der Waals surface area contributed by atoms with E-state index in [-0.39, 0.29) is 11.5 Å². The normalized spacial score (nSPS) is 14.2. The van der Waals surface area contributed by atoms with Crippen LogP contribution in [-0.2, 0) is 19.1 Å². The van der Waals surface area contributed by atoms with Crippen LogP contribution in [0.15, 0.2) is 73.1 Å². The maximum absolute atomic E-state index is 14.0. The third kappa shape index (κ3) is 5.48. The minimum Gasteiger partial charge on any atom is -0.497 e. The summed E-state index contributed by atoms with van der Waals surface area (Å²) in [6, 6.07) is 15.2. The lowest BCUT2D eigenvalue weighted by molar-refractivity contribution is -0.137. The summed E-state index contributed by atoms with van der Waals surface area (Å²) in [5.41, 5.74) is 3.17. The number of nitrogens with zero attached hydrogens (tertiary/aromatic N) is 3. The monoisotopic (exact) mass is 535 g/mol. The average Bonchev–Trinajstić information content (AvgIpc) is 2.93. The highest BCUT2D eigenvalue weighted by atomic mass is 19.4. The minimum absolute atomic E-state index is 0.111. The quantitative estimate of drug-likeness (QED) is 0.259. The molecule has 1 aliphatic heterocycles. The summed E-state index contributed by atoms with van der Waals surface area (Å²) in [4.78, 5) is 24.1. The van der Waals surface area contributed by atoms with E-state index >= 15 is 0 Å². The second kappa shape index (κ2) is 10.5. The number of aromatic nitrogens is 2. The van der Waals surface area contributed by atoms with Gasteiger partial charge in [-0.2, -0.15) is 13.2 Å². The topological polar surface area (TPSA) is 55.3 Å². The Morgan fingerprint density at radius 3 is 2.44 bits per heavy atom. The number of pyridine rings is 2. The Balaban J connectivity index is 1.42. The molecule has 5 rings (SSSR count). The Hall–Kier alpha value is -4.27. The van der Waals surface area contributed by atoms with Crippen molar-refractivity contribution < 1.29 is 27.1 Å². The van der Waals surface area contributed by atoms with E-state index in [1.165, 1.54) is 0 Å². The number of hydrogen-bond acceptors (Lipinski definition) is 4. The average molecular weight is 536 g/mol. The van der Waals surface area contributed by atoms with Gasteiger partial charge in [0.15, 0.2) is 0 Å². The zero-order chi connectivity index (χ0) is 27.7. The van der Waals surface area contributed by atoms with E-state index in [9.17, 15) is 22.4 Å². The van der Waals surface area contributed by atoms with Crippen molar-refractivity contribution in [2.75, 3.05) is 13.7 Å².